The zero-order valence-electron chi connectivity index (χ0n) is 10.6. The van der Waals surface area contributed by atoms with Crippen molar-refractivity contribution in [3.63, 3.8) is 0 Å². The molecule has 3 N–H and O–H groups in total. The van der Waals surface area contributed by atoms with Crippen molar-refractivity contribution in [1.29, 1.82) is 0 Å². The third kappa shape index (κ3) is 2.55. The van der Waals surface area contributed by atoms with Crippen molar-refractivity contribution >= 4 is 38.7 Å². The minimum Gasteiger partial charge on any atom is -0.397 e. The highest BCUT2D eigenvalue weighted by Gasteiger charge is 2.17. The Morgan fingerprint density at radius 2 is 1.95 bits per heavy atom. The number of rotatable bonds is 2. The van der Waals surface area contributed by atoms with Crippen molar-refractivity contribution in [2.45, 2.75) is 0 Å². The lowest BCUT2D eigenvalue weighted by molar-refractivity contribution is 0.103. The topological polar surface area (TPSA) is 68.0 Å². The fraction of sp³-hybridized carbons (Fsp3) is 0. The lowest BCUT2D eigenvalue weighted by Crippen LogP contribution is -2.12. The van der Waals surface area contributed by atoms with Crippen LogP contribution in [0.15, 0.2) is 36.7 Å². The Morgan fingerprint density at radius 3 is 2.62 bits per heavy atom. The summed E-state index contributed by atoms with van der Waals surface area (Å²) in [6.45, 7) is 0. The molecule has 1 amide bonds. The second-order valence-electron chi connectivity index (χ2n) is 4.33. The van der Waals surface area contributed by atoms with E-state index in [1.807, 2.05) is 0 Å². The summed E-state index contributed by atoms with van der Waals surface area (Å²) in [5.41, 5.74) is 6.29. The van der Waals surface area contributed by atoms with Crippen LogP contribution in [0.4, 0.5) is 20.2 Å². The quantitative estimate of drug-likeness (QED) is 0.762. The molecule has 0 unspecified atom stereocenters. The predicted octanol–water partition coefficient (Wildman–Crippen LogP) is 3.41. The number of fused-ring (bicyclic) bond motifs is 1. The molecule has 2 heterocycles. The molecule has 0 bridgehead atoms. The third-order valence-corrected chi connectivity index (χ3v) is 4.01. The zero-order valence-corrected chi connectivity index (χ0v) is 11.4. The number of aromatic nitrogens is 1. The van der Waals surface area contributed by atoms with Crippen LogP contribution in [0.2, 0.25) is 0 Å². The Labute approximate surface area is 122 Å². The van der Waals surface area contributed by atoms with Gasteiger partial charge in [0, 0.05) is 29.5 Å². The Hall–Kier alpha value is -2.54. The molecular formula is C14H9F2N3OS. The van der Waals surface area contributed by atoms with Crippen LogP contribution in [-0.2, 0) is 0 Å². The summed E-state index contributed by atoms with van der Waals surface area (Å²) < 4.78 is 27.0. The number of amides is 1. The van der Waals surface area contributed by atoms with E-state index < -0.39 is 17.5 Å². The average molecular weight is 305 g/mol. The number of nitrogens with zero attached hydrogens (tertiary/aromatic N) is 1. The number of anilines is 2. The summed E-state index contributed by atoms with van der Waals surface area (Å²) in [6, 6.07) is 4.51. The number of pyridine rings is 1. The summed E-state index contributed by atoms with van der Waals surface area (Å²) >= 11 is 1.17. The van der Waals surface area contributed by atoms with E-state index in [1.54, 1.807) is 18.5 Å². The Kier molecular flexibility index (Phi) is 3.26. The SMILES string of the molecule is Nc1c(C(=O)Nc2cc(F)cc(F)c2)sc2cnccc12. The van der Waals surface area contributed by atoms with Gasteiger partial charge in [-0.1, -0.05) is 0 Å². The van der Waals surface area contributed by atoms with Crippen molar-refractivity contribution in [2.75, 3.05) is 11.1 Å². The number of nitrogens with one attached hydrogen (secondary N) is 1. The fourth-order valence-electron chi connectivity index (χ4n) is 1.95. The Bertz CT molecular complexity index is 827. The van der Waals surface area contributed by atoms with Gasteiger partial charge in [-0.2, -0.15) is 0 Å². The van der Waals surface area contributed by atoms with E-state index in [2.05, 4.69) is 10.3 Å². The number of hydrogen-bond acceptors (Lipinski definition) is 4. The van der Waals surface area contributed by atoms with Crippen molar-refractivity contribution in [1.82, 2.24) is 4.98 Å². The highest BCUT2D eigenvalue weighted by atomic mass is 32.1. The number of nitrogen functional groups attached to an aromatic ring is 1. The smallest absolute Gasteiger partial charge is 0.267 e. The number of carbonyl (C=O) groups excluding carboxylic acids is 1. The molecule has 0 atom stereocenters. The molecule has 0 saturated heterocycles. The van der Waals surface area contributed by atoms with Gasteiger partial charge in [0.25, 0.3) is 5.91 Å². The minimum absolute atomic E-state index is 0.0347. The number of hydrogen-bond donors (Lipinski definition) is 2. The van der Waals surface area contributed by atoms with Gasteiger partial charge in [0.2, 0.25) is 0 Å². The van der Waals surface area contributed by atoms with Crippen LogP contribution in [0.25, 0.3) is 10.1 Å². The first-order valence-electron chi connectivity index (χ1n) is 5.94. The molecule has 0 aliphatic heterocycles. The van der Waals surface area contributed by atoms with Gasteiger partial charge in [-0.15, -0.1) is 11.3 Å². The molecule has 7 heteroatoms. The van der Waals surface area contributed by atoms with E-state index in [4.69, 9.17) is 5.73 Å². The van der Waals surface area contributed by atoms with Gasteiger partial charge < -0.3 is 11.1 Å². The van der Waals surface area contributed by atoms with Crippen molar-refractivity contribution in [3.05, 3.63) is 53.2 Å². The van der Waals surface area contributed by atoms with Crippen molar-refractivity contribution in [3.8, 4) is 0 Å². The highest BCUT2D eigenvalue weighted by Crippen LogP contribution is 2.33. The monoisotopic (exact) mass is 305 g/mol. The van der Waals surface area contributed by atoms with E-state index in [9.17, 15) is 13.6 Å². The molecule has 0 fully saturated rings. The molecule has 1 aromatic carbocycles. The molecule has 2 aromatic heterocycles. The number of halogens is 2. The van der Waals surface area contributed by atoms with E-state index in [1.165, 1.54) is 11.3 Å². The summed E-state index contributed by atoms with van der Waals surface area (Å²) in [5, 5.41) is 3.16. The maximum atomic E-state index is 13.1. The summed E-state index contributed by atoms with van der Waals surface area (Å²) in [5.74, 6) is -2.05. The van der Waals surface area contributed by atoms with Crippen LogP contribution >= 0.6 is 11.3 Å². The lowest BCUT2D eigenvalue weighted by Gasteiger charge is -2.04. The molecule has 3 rings (SSSR count). The Balaban J connectivity index is 1.95. The maximum Gasteiger partial charge on any atom is 0.267 e. The van der Waals surface area contributed by atoms with E-state index in [-0.39, 0.29) is 10.6 Å². The number of thiophene rings is 1. The van der Waals surface area contributed by atoms with Crippen LogP contribution in [0.1, 0.15) is 9.67 Å². The lowest BCUT2D eigenvalue weighted by atomic mass is 10.2. The number of carbonyl (C=O) groups is 1. The first-order chi connectivity index (χ1) is 10.0. The molecule has 4 nitrogen and oxygen atoms in total. The van der Waals surface area contributed by atoms with Gasteiger partial charge in [-0.05, 0) is 18.2 Å². The molecule has 106 valence electrons. The van der Waals surface area contributed by atoms with E-state index in [0.29, 0.717) is 5.69 Å². The standard InChI is InChI=1S/C14H9F2N3OS/c15-7-3-8(16)5-9(4-7)19-14(20)13-12(17)10-1-2-18-6-11(10)21-13/h1-6H,17H2,(H,19,20). The van der Waals surface area contributed by atoms with Gasteiger partial charge in [-0.25, -0.2) is 8.78 Å². The molecule has 3 aromatic rings. The van der Waals surface area contributed by atoms with Gasteiger partial charge in [0.15, 0.2) is 0 Å². The molecule has 0 radical (unpaired) electrons. The molecule has 0 aliphatic rings. The van der Waals surface area contributed by atoms with Crippen LogP contribution in [0, 0.1) is 11.6 Å². The van der Waals surface area contributed by atoms with Gasteiger partial charge in [0.1, 0.15) is 16.5 Å². The summed E-state index contributed by atoms with van der Waals surface area (Å²) in [6.07, 6.45) is 3.18. The van der Waals surface area contributed by atoms with Gasteiger partial charge in [0.05, 0.1) is 10.4 Å². The maximum absolute atomic E-state index is 13.1. The zero-order chi connectivity index (χ0) is 15.0. The second kappa shape index (κ2) is 5.10. The van der Waals surface area contributed by atoms with Crippen LogP contribution < -0.4 is 11.1 Å². The van der Waals surface area contributed by atoms with Crippen molar-refractivity contribution < 1.29 is 13.6 Å². The minimum atomic E-state index is -0.765. The molecule has 0 aliphatic carbocycles. The molecule has 21 heavy (non-hydrogen) atoms. The van der Waals surface area contributed by atoms with Gasteiger partial charge in [-0.3, -0.25) is 9.78 Å². The first-order valence-corrected chi connectivity index (χ1v) is 6.75. The second-order valence-corrected chi connectivity index (χ2v) is 5.38. The number of nitrogens with two attached hydrogens (primary N) is 1. The fourth-order valence-corrected chi connectivity index (χ4v) is 2.94. The molecule has 0 spiro atoms. The normalized spacial score (nSPS) is 10.8. The predicted molar refractivity (Wildman–Crippen MR) is 78.3 cm³/mol. The Morgan fingerprint density at radius 1 is 1.24 bits per heavy atom. The van der Waals surface area contributed by atoms with E-state index >= 15 is 0 Å². The third-order valence-electron chi connectivity index (χ3n) is 2.86. The average Bonchev–Trinajstić information content (AvgIpc) is 2.76. The van der Waals surface area contributed by atoms with E-state index in [0.717, 1.165) is 28.3 Å². The van der Waals surface area contributed by atoms with Crippen LogP contribution in [0.3, 0.4) is 0 Å². The summed E-state index contributed by atoms with van der Waals surface area (Å²) in [4.78, 5) is 16.4. The summed E-state index contributed by atoms with van der Waals surface area (Å²) in [7, 11) is 0. The molecule has 0 saturated carbocycles. The van der Waals surface area contributed by atoms with Crippen molar-refractivity contribution in [2.24, 2.45) is 0 Å². The highest BCUT2D eigenvalue weighted by molar-refractivity contribution is 7.21. The van der Waals surface area contributed by atoms with Gasteiger partial charge >= 0.3 is 0 Å². The largest absolute Gasteiger partial charge is 0.397 e. The van der Waals surface area contributed by atoms with Crippen LogP contribution in [-0.4, -0.2) is 10.9 Å². The first kappa shape index (κ1) is 13.4. The number of benzene rings is 1. The molecular weight excluding hydrogens is 296 g/mol. The van der Waals surface area contributed by atoms with Crippen LogP contribution in [0.5, 0.6) is 0 Å².